The third-order valence-corrected chi connectivity index (χ3v) is 4.07. The van der Waals surface area contributed by atoms with Gasteiger partial charge in [0.25, 0.3) is 11.5 Å². The van der Waals surface area contributed by atoms with Gasteiger partial charge in [-0.25, -0.2) is 14.6 Å². The monoisotopic (exact) mass is 380 g/mol. The van der Waals surface area contributed by atoms with Crippen molar-refractivity contribution in [3.63, 3.8) is 0 Å². The summed E-state index contributed by atoms with van der Waals surface area (Å²) in [6, 6.07) is 18.0. The molecule has 0 atom stereocenters. The molecule has 2 aromatic heterocycles. The van der Waals surface area contributed by atoms with Crippen LogP contribution in [0.1, 0.15) is 0 Å². The molecular formula is C20H12N8O. The van der Waals surface area contributed by atoms with Crippen molar-refractivity contribution in [2.24, 2.45) is 10.2 Å². The Morgan fingerprint density at radius 3 is 2.17 bits per heavy atom. The molecule has 9 nitrogen and oxygen atoms in total. The molecular weight excluding hydrogens is 368 g/mol. The van der Waals surface area contributed by atoms with E-state index in [1.54, 1.807) is 24.3 Å². The fraction of sp³-hybridized carbons (Fsp3) is 0. The van der Waals surface area contributed by atoms with E-state index in [0.717, 1.165) is 0 Å². The van der Waals surface area contributed by atoms with Crippen LogP contribution in [0.2, 0.25) is 0 Å². The van der Waals surface area contributed by atoms with Gasteiger partial charge < -0.3 is 4.85 Å². The van der Waals surface area contributed by atoms with E-state index in [1.807, 2.05) is 36.4 Å². The van der Waals surface area contributed by atoms with Gasteiger partial charge >= 0.3 is 5.56 Å². The molecule has 0 amide bonds. The first-order valence-electron chi connectivity index (χ1n) is 8.43. The van der Waals surface area contributed by atoms with Gasteiger partial charge in [0.1, 0.15) is 0 Å². The van der Waals surface area contributed by atoms with E-state index in [-0.39, 0.29) is 23.0 Å². The smallest absolute Gasteiger partial charge is 0.303 e. The number of para-hydroxylation sites is 2. The lowest BCUT2D eigenvalue weighted by molar-refractivity contribution is 0.853. The van der Waals surface area contributed by atoms with Crippen LogP contribution in [-0.2, 0) is 0 Å². The Labute approximate surface area is 164 Å². The van der Waals surface area contributed by atoms with Crippen molar-refractivity contribution < 1.29 is 0 Å². The number of benzene rings is 2. The highest BCUT2D eigenvalue weighted by atomic mass is 16.1. The molecule has 0 saturated carbocycles. The van der Waals surface area contributed by atoms with Gasteiger partial charge in [0.05, 0.1) is 24.1 Å². The minimum Gasteiger partial charge on any atom is -0.360 e. The zero-order valence-electron chi connectivity index (χ0n) is 14.9. The van der Waals surface area contributed by atoms with E-state index in [9.17, 15) is 4.79 Å². The Hall–Kier alpha value is -4.76. The fourth-order valence-electron chi connectivity index (χ4n) is 2.71. The van der Waals surface area contributed by atoms with Gasteiger partial charge in [0.2, 0.25) is 0 Å². The normalized spacial score (nSPS) is 10.7. The Morgan fingerprint density at radius 1 is 0.897 bits per heavy atom. The number of H-pyrrole nitrogens is 1. The molecule has 0 unspecified atom stereocenters. The van der Waals surface area contributed by atoms with Gasteiger partial charge in [-0.2, -0.15) is 14.9 Å². The first-order valence-corrected chi connectivity index (χ1v) is 8.43. The van der Waals surface area contributed by atoms with E-state index >= 15 is 0 Å². The quantitative estimate of drug-likeness (QED) is 0.404. The number of hydrogen-bond acceptors (Lipinski definition) is 4. The summed E-state index contributed by atoms with van der Waals surface area (Å²) in [4.78, 5) is 19.5. The maximum Gasteiger partial charge on any atom is 0.303 e. The number of azo groups is 1. The van der Waals surface area contributed by atoms with Crippen LogP contribution >= 0.6 is 0 Å². The van der Waals surface area contributed by atoms with Gasteiger partial charge in [0.15, 0.2) is 11.5 Å². The summed E-state index contributed by atoms with van der Waals surface area (Å²) in [6.45, 7) is 14.7. The second-order valence-electron chi connectivity index (χ2n) is 5.81. The third kappa shape index (κ3) is 3.20. The van der Waals surface area contributed by atoms with Gasteiger partial charge in [-0.15, -0.1) is 5.11 Å². The van der Waals surface area contributed by atoms with Gasteiger partial charge in [-0.3, -0.25) is 4.79 Å². The molecule has 0 aliphatic carbocycles. The Kier molecular flexibility index (Phi) is 4.54. The summed E-state index contributed by atoms with van der Waals surface area (Å²) in [5.41, 5.74) is 0.792. The highest BCUT2D eigenvalue weighted by Gasteiger charge is 2.17. The zero-order valence-corrected chi connectivity index (χ0v) is 14.9. The van der Waals surface area contributed by atoms with Crippen LogP contribution in [-0.4, -0.2) is 19.6 Å². The lowest BCUT2D eigenvalue weighted by Crippen LogP contribution is -2.13. The number of aromatic amines is 1. The van der Waals surface area contributed by atoms with Crippen molar-refractivity contribution in [2.45, 2.75) is 0 Å². The van der Waals surface area contributed by atoms with Crippen molar-refractivity contribution in [2.75, 3.05) is 0 Å². The Morgan fingerprint density at radius 2 is 1.55 bits per heavy atom. The molecule has 2 heterocycles. The third-order valence-electron chi connectivity index (χ3n) is 4.07. The highest BCUT2D eigenvalue weighted by Crippen LogP contribution is 2.32. The first kappa shape index (κ1) is 17.6. The number of nitrogens with one attached hydrogen (secondary N) is 1. The first-order chi connectivity index (χ1) is 14.2. The van der Waals surface area contributed by atoms with Crippen LogP contribution < -0.4 is 5.56 Å². The zero-order chi connectivity index (χ0) is 20.2. The maximum atomic E-state index is 12.8. The fourth-order valence-corrected chi connectivity index (χ4v) is 2.71. The minimum absolute atomic E-state index is 0.0438. The number of rotatable bonds is 4. The highest BCUT2D eigenvalue weighted by molar-refractivity contribution is 5.65. The molecule has 0 spiro atoms. The molecule has 0 fully saturated rings. The van der Waals surface area contributed by atoms with Crippen molar-refractivity contribution in [3.8, 4) is 11.4 Å². The van der Waals surface area contributed by atoms with Gasteiger partial charge in [-0.1, -0.05) is 43.0 Å². The Bertz CT molecular complexity index is 1330. The summed E-state index contributed by atoms with van der Waals surface area (Å²) in [7, 11) is 0. The predicted octanol–water partition coefficient (Wildman–Crippen LogP) is 4.87. The summed E-state index contributed by atoms with van der Waals surface area (Å²) in [5, 5.41) is 15.0. The molecule has 0 saturated heterocycles. The molecule has 4 rings (SSSR count). The largest absolute Gasteiger partial charge is 0.360 e. The predicted molar refractivity (Wildman–Crippen MR) is 107 cm³/mol. The van der Waals surface area contributed by atoms with E-state index < -0.39 is 5.56 Å². The van der Waals surface area contributed by atoms with Crippen molar-refractivity contribution >= 4 is 23.0 Å². The molecule has 0 bridgehead atoms. The average Bonchev–Trinajstić information content (AvgIpc) is 3.33. The molecule has 29 heavy (non-hydrogen) atoms. The summed E-state index contributed by atoms with van der Waals surface area (Å²) < 4.78 is 2.68. The standard InChI is InChI=1S/C20H12N8O/c1-21-16-13-23-27(14-9-5-3-6-10-14)19(16)25-24-17-18(22-2)26-28(20(17)29)15-11-7-4-8-12-15/h3-13,26H. The van der Waals surface area contributed by atoms with E-state index in [4.69, 9.17) is 13.1 Å². The van der Waals surface area contributed by atoms with Crippen LogP contribution in [0, 0.1) is 13.1 Å². The second-order valence-corrected chi connectivity index (χ2v) is 5.81. The molecule has 2 aromatic carbocycles. The molecule has 4 aromatic rings. The molecule has 138 valence electrons. The summed E-state index contributed by atoms with van der Waals surface area (Å²) >= 11 is 0. The van der Waals surface area contributed by atoms with E-state index in [0.29, 0.717) is 11.4 Å². The van der Waals surface area contributed by atoms with Crippen LogP contribution in [0.15, 0.2) is 81.9 Å². The van der Waals surface area contributed by atoms with Crippen LogP contribution in [0.5, 0.6) is 0 Å². The van der Waals surface area contributed by atoms with Crippen LogP contribution in [0.4, 0.5) is 23.0 Å². The molecule has 0 radical (unpaired) electrons. The lowest BCUT2D eigenvalue weighted by atomic mass is 10.3. The maximum absolute atomic E-state index is 12.8. The molecule has 0 aliphatic rings. The second kappa shape index (κ2) is 7.47. The lowest BCUT2D eigenvalue weighted by Gasteiger charge is -2.03. The summed E-state index contributed by atoms with van der Waals surface area (Å²) in [5.74, 6) is 0.131. The summed E-state index contributed by atoms with van der Waals surface area (Å²) in [6.07, 6.45) is 1.38. The molecule has 1 N–H and O–H groups in total. The molecule has 9 heteroatoms. The van der Waals surface area contributed by atoms with Crippen LogP contribution in [0.25, 0.3) is 21.1 Å². The van der Waals surface area contributed by atoms with Crippen molar-refractivity contribution in [3.05, 3.63) is 100 Å². The van der Waals surface area contributed by atoms with Crippen molar-refractivity contribution in [1.29, 1.82) is 0 Å². The topological polar surface area (TPSA) is 89.0 Å². The van der Waals surface area contributed by atoms with Gasteiger partial charge in [0, 0.05) is 0 Å². The van der Waals surface area contributed by atoms with Crippen LogP contribution in [0.3, 0.4) is 0 Å². The van der Waals surface area contributed by atoms with E-state index in [2.05, 4.69) is 30.1 Å². The SMILES string of the molecule is [C-]#[N+]c1cnn(-c2ccccc2)c1N=Nc1c([N+]#[C-])[nH]n(-c2ccccc2)c1=O. The van der Waals surface area contributed by atoms with Crippen molar-refractivity contribution in [1.82, 2.24) is 19.6 Å². The number of nitrogens with zero attached hydrogens (tertiary/aromatic N) is 7. The van der Waals surface area contributed by atoms with E-state index in [1.165, 1.54) is 15.6 Å². The van der Waals surface area contributed by atoms with Gasteiger partial charge in [-0.05, 0) is 24.3 Å². The number of hydrogen-bond donors (Lipinski definition) is 1. The average molecular weight is 380 g/mol. The molecule has 0 aliphatic heterocycles. The number of aromatic nitrogens is 4. The minimum atomic E-state index is -0.513. The Balaban J connectivity index is 1.81.